The number of fused-ring (bicyclic) bond motifs is 3. The van der Waals surface area contributed by atoms with Gasteiger partial charge in [-0.3, -0.25) is 0 Å². The largest absolute Gasteiger partial charge is 0.496 e. The predicted octanol–water partition coefficient (Wildman–Crippen LogP) is 4.01. The molecular formula is C17H22N2OS. The molecule has 0 bridgehead atoms. The fourth-order valence-corrected chi connectivity index (χ4v) is 3.70. The summed E-state index contributed by atoms with van der Waals surface area (Å²) in [7, 11) is 1.75. The second kappa shape index (κ2) is 5.34. The number of hydrogen-bond acceptors (Lipinski definition) is 2. The van der Waals surface area contributed by atoms with Crippen LogP contribution in [0.15, 0.2) is 12.1 Å². The Morgan fingerprint density at radius 2 is 2.24 bits per heavy atom. The van der Waals surface area contributed by atoms with Crippen molar-refractivity contribution in [3.05, 3.63) is 29.0 Å². The number of aromatic amines is 1. The third kappa shape index (κ3) is 2.22. The molecule has 1 unspecified atom stereocenters. The standard InChI is InChI=1S/C17H22N2OS/c1-5-12-8-15-14(9-16(12)20-4)13-6-7-19(11(3)21)10(2)17(13)18-15/h8-10,18H,5-7H2,1-4H3. The molecular weight excluding hydrogens is 280 g/mol. The first-order valence-electron chi connectivity index (χ1n) is 7.55. The Balaban J connectivity index is 2.16. The van der Waals surface area contributed by atoms with Crippen molar-refractivity contribution in [2.24, 2.45) is 0 Å². The van der Waals surface area contributed by atoms with Gasteiger partial charge in [-0.1, -0.05) is 19.1 Å². The minimum Gasteiger partial charge on any atom is -0.496 e. The van der Waals surface area contributed by atoms with Crippen molar-refractivity contribution < 1.29 is 4.74 Å². The molecule has 0 aliphatic carbocycles. The molecule has 0 fully saturated rings. The number of nitrogens with one attached hydrogen (secondary N) is 1. The minimum atomic E-state index is 0.315. The molecule has 21 heavy (non-hydrogen) atoms. The smallest absolute Gasteiger partial charge is 0.122 e. The van der Waals surface area contributed by atoms with E-state index in [0.29, 0.717) is 6.04 Å². The van der Waals surface area contributed by atoms with Gasteiger partial charge in [0, 0.05) is 23.1 Å². The SMILES string of the molecule is CCc1cc2[nH]c3c(c2cc1OC)CCN(C(C)=S)C3C. The summed E-state index contributed by atoms with van der Waals surface area (Å²) in [6.07, 6.45) is 2.01. The highest BCUT2D eigenvalue weighted by atomic mass is 32.1. The Labute approximate surface area is 131 Å². The lowest BCUT2D eigenvalue weighted by Gasteiger charge is -2.34. The number of hydrogen-bond donors (Lipinski definition) is 1. The maximum absolute atomic E-state index is 5.55. The number of aromatic nitrogens is 1. The van der Waals surface area contributed by atoms with Gasteiger partial charge in [0.1, 0.15) is 5.75 Å². The summed E-state index contributed by atoms with van der Waals surface area (Å²) < 4.78 is 5.55. The van der Waals surface area contributed by atoms with Crippen molar-refractivity contribution in [2.45, 2.75) is 39.7 Å². The van der Waals surface area contributed by atoms with Gasteiger partial charge in [-0.25, -0.2) is 0 Å². The van der Waals surface area contributed by atoms with E-state index in [4.69, 9.17) is 17.0 Å². The molecule has 0 saturated heterocycles. The van der Waals surface area contributed by atoms with E-state index in [1.807, 2.05) is 6.92 Å². The first-order valence-corrected chi connectivity index (χ1v) is 7.96. The Kier molecular flexibility index (Phi) is 3.66. The second-order valence-corrected chi connectivity index (χ2v) is 6.31. The Morgan fingerprint density at radius 3 is 2.86 bits per heavy atom. The maximum atomic E-state index is 5.55. The molecule has 0 saturated carbocycles. The second-order valence-electron chi connectivity index (χ2n) is 5.72. The zero-order chi connectivity index (χ0) is 15.1. The molecule has 3 nitrogen and oxygen atoms in total. The summed E-state index contributed by atoms with van der Waals surface area (Å²) >= 11 is 5.37. The van der Waals surface area contributed by atoms with E-state index >= 15 is 0 Å². The van der Waals surface area contributed by atoms with Gasteiger partial charge < -0.3 is 14.6 Å². The molecule has 1 aliphatic rings. The number of H-pyrrole nitrogens is 1. The lowest BCUT2D eigenvalue weighted by Crippen LogP contribution is -2.36. The Bertz CT molecular complexity index is 704. The molecule has 1 aromatic heterocycles. The van der Waals surface area contributed by atoms with Crippen LogP contribution in [-0.4, -0.2) is 28.5 Å². The summed E-state index contributed by atoms with van der Waals surface area (Å²) in [6.45, 7) is 7.39. The van der Waals surface area contributed by atoms with Gasteiger partial charge in [0.25, 0.3) is 0 Å². The van der Waals surface area contributed by atoms with Gasteiger partial charge >= 0.3 is 0 Å². The fourth-order valence-electron chi connectivity index (χ4n) is 3.45. The van der Waals surface area contributed by atoms with E-state index in [9.17, 15) is 0 Å². The molecule has 4 heteroatoms. The van der Waals surface area contributed by atoms with Gasteiger partial charge in [0.05, 0.1) is 18.1 Å². The normalized spacial score (nSPS) is 17.9. The highest BCUT2D eigenvalue weighted by Gasteiger charge is 2.27. The zero-order valence-corrected chi connectivity index (χ0v) is 13.9. The highest BCUT2D eigenvalue weighted by Crippen LogP contribution is 2.37. The van der Waals surface area contributed by atoms with Crippen LogP contribution in [0.1, 0.15) is 43.6 Å². The van der Waals surface area contributed by atoms with Gasteiger partial charge in [-0.15, -0.1) is 0 Å². The quantitative estimate of drug-likeness (QED) is 0.850. The summed E-state index contributed by atoms with van der Waals surface area (Å²) in [6, 6.07) is 4.74. The molecule has 1 N–H and O–H groups in total. The van der Waals surface area contributed by atoms with Crippen molar-refractivity contribution in [2.75, 3.05) is 13.7 Å². The van der Waals surface area contributed by atoms with Gasteiger partial charge in [-0.2, -0.15) is 0 Å². The molecule has 112 valence electrons. The molecule has 0 radical (unpaired) electrons. The summed E-state index contributed by atoms with van der Waals surface area (Å²) in [5.74, 6) is 0.993. The predicted molar refractivity (Wildman–Crippen MR) is 91.3 cm³/mol. The van der Waals surface area contributed by atoms with Crippen LogP contribution in [0.2, 0.25) is 0 Å². The number of thiocarbonyl (C=S) groups is 1. The van der Waals surface area contributed by atoms with Gasteiger partial charge in [-0.05, 0) is 49.9 Å². The first-order chi connectivity index (χ1) is 10.1. The number of rotatable bonds is 2. The molecule has 0 spiro atoms. The lowest BCUT2D eigenvalue weighted by molar-refractivity contribution is 0.318. The van der Waals surface area contributed by atoms with Crippen molar-refractivity contribution in [1.82, 2.24) is 9.88 Å². The topological polar surface area (TPSA) is 28.3 Å². The van der Waals surface area contributed by atoms with Crippen LogP contribution in [0, 0.1) is 0 Å². The van der Waals surface area contributed by atoms with Crippen LogP contribution in [0.3, 0.4) is 0 Å². The van der Waals surface area contributed by atoms with Crippen LogP contribution in [0.5, 0.6) is 5.75 Å². The Morgan fingerprint density at radius 1 is 1.48 bits per heavy atom. The average Bonchev–Trinajstić information content (AvgIpc) is 2.84. The van der Waals surface area contributed by atoms with Gasteiger partial charge in [0.15, 0.2) is 0 Å². The van der Waals surface area contributed by atoms with E-state index in [0.717, 1.165) is 30.1 Å². The zero-order valence-electron chi connectivity index (χ0n) is 13.1. The van der Waals surface area contributed by atoms with E-state index in [-0.39, 0.29) is 0 Å². The molecule has 2 heterocycles. The fraction of sp³-hybridized carbons (Fsp3) is 0.471. The molecule has 1 aliphatic heterocycles. The third-order valence-electron chi connectivity index (χ3n) is 4.61. The van der Waals surface area contributed by atoms with Crippen LogP contribution >= 0.6 is 12.2 Å². The number of aryl methyl sites for hydroxylation is 1. The van der Waals surface area contributed by atoms with Crippen molar-refractivity contribution in [3.63, 3.8) is 0 Å². The molecule has 1 aromatic carbocycles. The molecule has 0 amide bonds. The summed E-state index contributed by atoms with van der Waals surface area (Å²) in [4.78, 5) is 6.89. The van der Waals surface area contributed by atoms with Crippen LogP contribution in [0.25, 0.3) is 10.9 Å². The Hall–Kier alpha value is -1.55. The van der Waals surface area contributed by atoms with Crippen molar-refractivity contribution >= 4 is 28.1 Å². The monoisotopic (exact) mass is 302 g/mol. The maximum Gasteiger partial charge on any atom is 0.122 e. The van der Waals surface area contributed by atoms with Crippen LogP contribution in [-0.2, 0) is 12.8 Å². The lowest BCUT2D eigenvalue weighted by atomic mass is 9.97. The van der Waals surface area contributed by atoms with Crippen molar-refractivity contribution in [1.29, 1.82) is 0 Å². The van der Waals surface area contributed by atoms with E-state index in [2.05, 4.69) is 35.9 Å². The molecule has 1 atom stereocenters. The summed E-state index contributed by atoms with van der Waals surface area (Å²) in [5, 5.41) is 1.30. The van der Waals surface area contributed by atoms with Crippen LogP contribution in [0.4, 0.5) is 0 Å². The van der Waals surface area contributed by atoms with E-state index in [1.165, 1.54) is 27.7 Å². The van der Waals surface area contributed by atoms with E-state index in [1.54, 1.807) is 7.11 Å². The van der Waals surface area contributed by atoms with Crippen molar-refractivity contribution in [3.8, 4) is 5.75 Å². The van der Waals surface area contributed by atoms with Crippen LogP contribution < -0.4 is 4.74 Å². The first kappa shape index (κ1) is 14.4. The summed E-state index contributed by atoms with van der Waals surface area (Å²) in [5.41, 5.74) is 5.19. The van der Waals surface area contributed by atoms with Gasteiger partial charge in [0.2, 0.25) is 0 Å². The molecule has 2 aromatic rings. The highest BCUT2D eigenvalue weighted by molar-refractivity contribution is 7.80. The number of methoxy groups -OCH3 is 1. The number of benzene rings is 1. The number of ether oxygens (including phenoxy) is 1. The van der Waals surface area contributed by atoms with E-state index < -0.39 is 0 Å². The third-order valence-corrected chi connectivity index (χ3v) is 4.85. The minimum absolute atomic E-state index is 0.315. The molecule has 3 rings (SSSR count). The average molecular weight is 302 g/mol. The number of nitrogens with zero attached hydrogens (tertiary/aromatic N) is 1.